The van der Waals surface area contributed by atoms with Gasteiger partial charge in [-0.05, 0) is 56.3 Å². The number of methoxy groups -OCH3 is 1. The number of anilines is 1. The van der Waals surface area contributed by atoms with Gasteiger partial charge in [0.25, 0.3) is 0 Å². The van der Waals surface area contributed by atoms with Gasteiger partial charge < -0.3 is 19.5 Å². The fourth-order valence-corrected chi connectivity index (χ4v) is 2.59. The molecular weight excluding hydrogens is 386 g/mol. The zero-order chi connectivity index (χ0) is 22.3. The summed E-state index contributed by atoms with van der Waals surface area (Å²) in [5.74, 6) is -0.315. The van der Waals surface area contributed by atoms with Crippen molar-refractivity contribution in [3.05, 3.63) is 53.6 Å². The molecule has 7 heteroatoms. The van der Waals surface area contributed by atoms with E-state index in [0.29, 0.717) is 29.4 Å². The number of benzene rings is 2. The lowest BCUT2D eigenvalue weighted by Crippen LogP contribution is -2.24. The Hall–Kier alpha value is -3.35. The lowest BCUT2D eigenvalue weighted by molar-refractivity contribution is -0.118. The van der Waals surface area contributed by atoms with E-state index >= 15 is 0 Å². The number of ether oxygens (including phenoxy) is 3. The van der Waals surface area contributed by atoms with Crippen LogP contribution in [0.3, 0.4) is 0 Å². The number of hydrogen-bond donors (Lipinski definition) is 1. The van der Waals surface area contributed by atoms with E-state index in [1.807, 2.05) is 6.92 Å². The van der Waals surface area contributed by atoms with Crippen LogP contribution in [0.5, 0.6) is 11.5 Å². The van der Waals surface area contributed by atoms with E-state index in [0.717, 1.165) is 0 Å². The molecule has 0 unspecified atom stereocenters. The zero-order valence-electron chi connectivity index (χ0n) is 17.9. The van der Waals surface area contributed by atoms with Gasteiger partial charge in [0.15, 0.2) is 17.6 Å². The monoisotopic (exact) mass is 413 g/mol. The fraction of sp³-hybridized carbons (Fsp3) is 0.348. The number of Topliss-reactive ketones (excluding diaryl/α,β-unsaturated/α-hetero) is 1. The van der Waals surface area contributed by atoms with Crippen LogP contribution in [-0.2, 0) is 9.53 Å². The molecule has 0 fully saturated rings. The number of ketones is 1. The molecule has 0 radical (unpaired) electrons. The van der Waals surface area contributed by atoms with E-state index in [1.165, 1.54) is 20.1 Å². The molecule has 0 aromatic heterocycles. The van der Waals surface area contributed by atoms with Crippen LogP contribution in [0.15, 0.2) is 42.5 Å². The molecule has 0 heterocycles. The quantitative estimate of drug-likeness (QED) is 0.491. The van der Waals surface area contributed by atoms with Crippen LogP contribution in [0, 0.1) is 5.92 Å². The molecule has 30 heavy (non-hydrogen) atoms. The third-order valence-corrected chi connectivity index (χ3v) is 4.31. The molecular formula is C23H27NO6. The second kappa shape index (κ2) is 10.4. The van der Waals surface area contributed by atoms with Gasteiger partial charge in [0.2, 0.25) is 11.7 Å². The highest BCUT2D eigenvalue weighted by Gasteiger charge is 2.21. The first kappa shape index (κ1) is 22.9. The van der Waals surface area contributed by atoms with Crippen molar-refractivity contribution in [1.29, 1.82) is 0 Å². The summed E-state index contributed by atoms with van der Waals surface area (Å²) in [5.41, 5.74) is 1.22. The van der Waals surface area contributed by atoms with Crippen molar-refractivity contribution in [2.45, 2.75) is 33.8 Å². The number of carbonyl (C=O) groups excluding carboxylic acids is 3. The van der Waals surface area contributed by atoms with Crippen LogP contribution < -0.4 is 14.8 Å². The van der Waals surface area contributed by atoms with Gasteiger partial charge in [-0.15, -0.1) is 0 Å². The molecule has 1 atom stereocenters. The Morgan fingerprint density at radius 3 is 2.13 bits per heavy atom. The van der Waals surface area contributed by atoms with Gasteiger partial charge in [-0.25, -0.2) is 4.79 Å². The largest absolute Gasteiger partial charge is 0.493 e. The number of hydrogen-bond acceptors (Lipinski definition) is 6. The molecule has 1 N–H and O–H groups in total. The van der Waals surface area contributed by atoms with Gasteiger partial charge in [-0.2, -0.15) is 0 Å². The van der Waals surface area contributed by atoms with Crippen molar-refractivity contribution < 1.29 is 28.6 Å². The first-order valence-corrected chi connectivity index (χ1v) is 9.73. The number of carbonyl (C=O) groups is 3. The van der Waals surface area contributed by atoms with Crippen molar-refractivity contribution in [1.82, 2.24) is 0 Å². The predicted octanol–water partition coefficient (Wildman–Crippen LogP) is 4.12. The van der Waals surface area contributed by atoms with E-state index in [-0.39, 0.29) is 23.2 Å². The predicted molar refractivity (Wildman–Crippen MR) is 113 cm³/mol. The Bertz CT molecular complexity index is 904. The Labute approximate surface area is 176 Å². The van der Waals surface area contributed by atoms with Crippen LogP contribution in [0.1, 0.15) is 48.4 Å². The number of amides is 1. The molecule has 0 spiro atoms. The molecule has 2 aromatic rings. The van der Waals surface area contributed by atoms with E-state index in [2.05, 4.69) is 5.32 Å². The van der Waals surface area contributed by atoms with E-state index < -0.39 is 12.1 Å². The summed E-state index contributed by atoms with van der Waals surface area (Å²) < 4.78 is 16.0. The van der Waals surface area contributed by atoms with Gasteiger partial charge >= 0.3 is 5.97 Å². The second-order valence-electron chi connectivity index (χ2n) is 6.93. The standard InChI is InChI=1S/C23H27NO6/c1-6-29-19-12-9-17(13-20(19)28-5)23(27)30-15(4)21(25)16-7-10-18(11-8-16)24-22(26)14(2)3/h7-15H,6H2,1-5H3,(H,24,26)/t15-/m1/s1. The first-order chi connectivity index (χ1) is 14.3. The molecule has 0 saturated heterocycles. The lowest BCUT2D eigenvalue weighted by Gasteiger charge is -2.14. The number of rotatable bonds is 9. The van der Waals surface area contributed by atoms with Crippen molar-refractivity contribution in [2.75, 3.05) is 19.0 Å². The Morgan fingerprint density at radius 1 is 0.933 bits per heavy atom. The number of esters is 1. The van der Waals surface area contributed by atoms with Gasteiger partial charge in [0, 0.05) is 17.2 Å². The van der Waals surface area contributed by atoms with Crippen LogP contribution in [0.25, 0.3) is 0 Å². The molecule has 2 aromatic carbocycles. The fourth-order valence-electron chi connectivity index (χ4n) is 2.59. The summed E-state index contributed by atoms with van der Waals surface area (Å²) in [5, 5.41) is 2.76. The highest BCUT2D eigenvalue weighted by molar-refractivity contribution is 6.02. The van der Waals surface area contributed by atoms with Gasteiger partial charge in [0.1, 0.15) is 0 Å². The summed E-state index contributed by atoms with van der Waals surface area (Å²) in [4.78, 5) is 36.8. The summed E-state index contributed by atoms with van der Waals surface area (Å²) in [6.07, 6.45) is -0.980. The Morgan fingerprint density at radius 2 is 1.57 bits per heavy atom. The minimum Gasteiger partial charge on any atom is -0.493 e. The average molecular weight is 413 g/mol. The first-order valence-electron chi connectivity index (χ1n) is 9.73. The molecule has 7 nitrogen and oxygen atoms in total. The van der Waals surface area contributed by atoms with Crippen molar-refractivity contribution >= 4 is 23.3 Å². The normalized spacial score (nSPS) is 11.5. The van der Waals surface area contributed by atoms with Crippen molar-refractivity contribution in [2.24, 2.45) is 5.92 Å². The summed E-state index contributed by atoms with van der Waals surface area (Å²) in [7, 11) is 1.48. The lowest BCUT2D eigenvalue weighted by atomic mass is 10.1. The second-order valence-corrected chi connectivity index (χ2v) is 6.93. The summed E-state index contributed by atoms with van der Waals surface area (Å²) in [6.45, 7) is 7.41. The average Bonchev–Trinajstić information content (AvgIpc) is 2.74. The Kier molecular flexibility index (Phi) is 7.98. The minimum atomic E-state index is -0.980. The summed E-state index contributed by atoms with van der Waals surface area (Å²) >= 11 is 0. The molecule has 0 bridgehead atoms. The van der Waals surface area contributed by atoms with E-state index in [9.17, 15) is 14.4 Å². The maximum Gasteiger partial charge on any atom is 0.338 e. The van der Waals surface area contributed by atoms with Crippen LogP contribution in [0.2, 0.25) is 0 Å². The smallest absolute Gasteiger partial charge is 0.338 e. The SMILES string of the molecule is CCOc1ccc(C(=O)O[C@H](C)C(=O)c2ccc(NC(=O)C(C)C)cc2)cc1OC. The molecule has 0 aliphatic rings. The van der Waals surface area contributed by atoms with Crippen molar-refractivity contribution in [3.63, 3.8) is 0 Å². The molecule has 160 valence electrons. The van der Waals surface area contributed by atoms with E-state index in [4.69, 9.17) is 14.2 Å². The third kappa shape index (κ3) is 5.83. The summed E-state index contributed by atoms with van der Waals surface area (Å²) in [6, 6.07) is 11.1. The zero-order valence-corrected chi connectivity index (χ0v) is 17.9. The van der Waals surface area contributed by atoms with E-state index in [1.54, 1.807) is 50.2 Å². The van der Waals surface area contributed by atoms with Gasteiger partial charge in [-0.3, -0.25) is 9.59 Å². The molecule has 0 saturated carbocycles. The highest BCUT2D eigenvalue weighted by Crippen LogP contribution is 2.28. The minimum absolute atomic E-state index is 0.109. The van der Waals surface area contributed by atoms with Crippen LogP contribution in [0.4, 0.5) is 5.69 Å². The topological polar surface area (TPSA) is 90.9 Å². The van der Waals surface area contributed by atoms with Crippen LogP contribution in [-0.4, -0.2) is 37.5 Å². The highest BCUT2D eigenvalue weighted by atomic mass is 16.5. The molecule has 0 aliphatic carbocycles. The number of nitrogens with one attached hydrogen (secondary N) is 1. The van der Waals surface area contributed by atoms with Gasteiger partial charge in [0.05, 0.1) is 19.3 Å². The van der Waals surface area contributed by atoms with Crippen LogP contribution >= 0.6 is 0 Å². The maximum absolute atomic E-state index is 12.6. The van der Waals surface area contributed by atoms with Crippen molar-refractivity contribution in [3.8, 4) is 11.5 Å². The third-order valence-electron chi connectivity index (χ3n) is 4.31. The Balaban J connectivity index is 2.04. The molecule has 1 amide bonds. The van der Waals surface area contributed by atoms with Gasteiger partial charge in [-0.1, -0.05) is 13.8 Å². The molecule has 0 aliphatic heterocycles. The maximum atomic E-state index is 12.6. The molecule has 2 rings (SSSR count).